The highest BCUT2D eigenvalue weighted by molar-refractivity contribution is 9.10. The first-order chi connectivity index (χ1) is 8.70. The van der Waals surface area contributed by atoms with Crippen LogP contribution in [0, 0.1) is 5.82 Å². The largest absolute Gasteiger partial charge is 0.378 e. The number of rotatable bonds is 5. The molecule has 0 aliphatic carbocycles. The van der Waals surface area contributed by atoms with E-state index >= 15 is 0 Å². The van der Waals surface area contributed by atoms with Gasteiger partial charge >= 0.3 is 0 Å². The fourth-order valence-electron chi connectivity index (χ4n) is 1.74. The van der Waals surface area contributed by atoms with Crippen molar-refractivity contribution in [1.82, 2.24) is 9.55 Å². The van der Waals surface area contributed by atoms with Gasteiger partial charge in [0.1, 0.15) is 11.6 Å². The maximum Gasteiger partial charge on any atom is 0.137 e. The van der Waals surface area contributed by atoms with Gasteiger partial charge in [-0.15, -0.1) is 0 Å². The van der Waals surface area contributed by atoms with Crippen LogP contribution in [0.1, 0.15) is 19.2 Å². The van der Waals surface area contributed by atoms with Crippen molar-refractivity contribution in [1.29, 1.82) is 0 Å². The number of hydrogen-bond acceptors (Lipinski definition) is 2. The summed E-state index contributed by atoms with van der Waals surface area (Å²) < 4.78 is 15.7. The first kappa shape index (κ1) is 13.1. The molecule has 0 spiro atoms. The van der Waals surface area contributed by atoms with Gasteiger partial charge in [0.05, 0.1) is 11.0 Å². The molecule has 2 aromatic rings. The molecular weight excluding hydrogens is 297 g/mol. The first-order valence-electron chi connectivity index (χ1n) is 5.89. The Morgan fingerprint density at radius 2 is 2.28 bits per heavy atom. The SMILES string of the molecule is CCCn1ccnc1CNc1ccc(F)c(Br)c1. The standard InChI is InChI=1S/C13H15BrFN3/c1-2-6-18-7-5-16-13(18)9-17-10-3-4-12(15)11(14)8-10/h3-5,7-8,17H,2,6,9H2,1H3. The van der Waals surface area contributed by atoms with Crippen LogP contribution in [-0.4, -0.2) is 9.55 Å². The summed E-state index contributed by atoms with van der Waals surface area (Å²) in [5.74, 6) is 0.727. The van der Waals surface area contributed by atoms with Gasteiger partial charge in [-0.3, -0.25) is 0 Å². The zero-order valence-electron chi connectivity index (χ0n) is 10.2. The molecule has 0 atom stereocenters. The van der Waals surface area contributed by atoms with Gasteiger partial charge in [-0.2, -0.15) is 0 Å². The maximum atomic E-state index is 13.1. The third kappa shape index (κ3) is 3.10. The molecule has 0 saturated heterocycles. The highest BCUT2D eigenvalue weighted by atomic mass is 79.9. The van der Waals surface area contributed by atoms with Crippen molar-refractivity contribution >= 4 is 21.6 Å². The van der Waals surface area contributed by atoms with Crippen molar-refractivity contribution in [2.75, 3.05) is 5.32 Å². The van der Waals surface area contributed by atoms with Crippen molar-refractivity contribution < 1.29 is 4.39 Å². The van der Waals surface area contributed by atoms with Crippen LogP contribution in [-0.2, 0) is 13.1 Å². The van der Waals surface area contributed by atoms with E-state index in [1.807, 2.05) is 6.20 Å². The Hall–Kier alpha value is -1.36. The van der Waals surface area contributed by atoms with Crippen molar-refractivity contribution in [3.05, 3.63) is 46.7 Å². The number of nitrogens with zero attached hydrogens (tertiary/aromatic N) is 2. The molecule has 0 fully saturated rings. The molecule has 1 aromatic heterocycles. The van der Waals surface area contributed by atoms with Crippen molar-refractivity contribution in [3.63, 3.8) is 0 Å². The van der Waals surface area contributed by atoms with Crippen LogP contribution in [0.15, 0.2) is 35.1 Å². The smallest absolute Gasteiger partial charge is 0.137 e. The number of aromatic nitrogens is 2. The molecule has 0 radical (unpaired) electrons. The summed E-state index contributed by atoms with van der Waals surface area (Å²) in [5, 5.41) is 3.23. The lowest BCUT2D eigenvalue weighted by Crippen LogP contribution is -2.08. The normalized spacial score (nSPS) is 10.6. The Morgan fingerprint density at radius 1 is 1.44 bits per heavy atom. The number of hydrogen-bond donors (Lipinski definition) is 1. The summed E-state index contributed by atoms with van der Waals surface area (Å²) >= 11 is 3.17. The molecular formula is C13H15BrFN3. The Morgan fingerprint density at radius 3 is 3.00 bits per heavy atom. The van der Waals surface area contributed by atoms with Gasteiger partial charge < -0.3 is 9.88 Å². The molecule has 0 aliphatic rings. The second kappa shape index (κ2) is 6.00. The van der Waals surface area contributed by atoms with Gasteiger partial charge in [0.2, 0.25) is 0 Å². The van der Waals surface area contributed by atoms with Crippen LogP contribution in [0.5, 0.6) is 0 Å². The molecule has 2 rings (SSSR count). The van der Waals surface area contributed by atoms with Crippen LogP contribution >= 0.6 is 15.9 Å². The Bertz CT molecular complexity index is 525. The van der Waals surface area contributed by atoms with Crippen molar-refractivity contribution in [2.24, 2.45) is 0 Å². The minimum absolute atomic E-state index is 0.256. The number of aryl methyl sites for hydroxylation is 1. The van der Waals surface area contributed by atoms with Crippen molar-refractivity contribution in [3.8, 4) is 0 Å². The van der Waals surface area contributed by atoms with E-state index in [9.17, 15) is 4.39 Å². The van der Waals surface area contributed by atoms with Crippen LogP contribution in [0.2, 0.25) is 0 Å². The molecule has 96 valence electrons. The Labute approximate surface area is 114 Å². The summed E-state index contributed by atoms with van der Waals surface area (Å²) in [4.78, 5) is 4.30. The van der Waals surface area contributed by atoms with Gasteiger partial charge in [-0.05, 0) is 40.5 Å². The molecule has 5 heteroatoms. The van der Waals surface area contributed by atoms with Gasteiger partial charge in [-0.25, -0.2) is 9.37 Å². The topological polar surface area (TPSA) is 29.9 Å². The Balaban J connectivity index is 2.02. The predicted molar refractivity (Wildman–Crippen MR) is 73.9 cm³/mol. The zero-order valence-corrected chi connectivity index (χ0v) is 11.7. The first-order valence-corrected chi connectivity index (χ1v) is 6.69. The van der Waals surface area contributed by atoms with Crippen LogP contribution in [0.25, 0.3) is 0 Å². The average Bonchev–Trinajstić information content (AvgIpc) is 2.79. The second-order valence-corrected chi connectivity index (χ2v) is 4.87. The number of benzene rings is 1. The highest BCUT2D eigenvalue weighted by Crippen LogP contribution is 2.20. The number of nitrogens with one attached hydrogen (secondary N) is 1. The molecule has 18 heavy (non-hydrogen) atoms. The van der Waals surface area contributed by atoms with Gasteiger partial charge in [0.25, 0.3) is 0 Å². The fraction of sp³-hybridized carbons (Fsp3) is 0.308. The van der Waals surface area contributed by atoms with E-state index < -0.39 is 0 Å². The van der Waals surface area contributed by atoms with E-state index in [2.05, 4.69) is 37.7 Å². The van der Waals surface area contributed by atoms with E-state index in [0.717, 1.165) is 24.5 Å². The molecule has 3 nitrogen and oxygen atoms in total. The lowest BCUT2D eigenvalue weighted by atomic mass is 10.3. The number of halogens is 2. The van der Waals surface area contributed by atoms with Crippen molar-refractivity contribution in [2.45, 2.75) is 26.4 Å². The fourth-order valence-corrected chi connectivity index (χ4v) is 2.12. The van der Waals surface area contributed by atoms with E-state index in [0.29, 0.717) is 11.0 Å². The Kier molecular flexibility index (Phi) is 4.36. The van der Waals surface area contributed by atoms with E-state index in [4.69, 9.17) is 0 Å². The summed E-state index contributed by atoms with van der Waals surface area (Å²) in [6, 6.07) is 4.88. The quantitative estimate of drug-likeness (QED) is 0.910. The maximum absolute atomic E-state index is 13.1. The highest BCUT2D eigenvalue weighted by Gasteiger charge is 2.03. The lowest BCUT2D eigenvalue weighted by molar-refractivity contribution is 0.621. The number of anilines is 1. The number of imidazole rings is 1. The monoisotopic (exact) mass is 311 g/mol. The van der Waals surface area contributed by atoms with Gasteiger partial charge in [0, 0.05) is 24.6 Å². The second-order valence-electron chi connectivity index (χ2n) is 4.02. The van der Waals surface area contributed by atoms with Crippen LogP contribution in [0.3, 0.4) is 0 Å². The predicted octanol–water partition coefficient (Wildman–Crippen LogP) is 3.81. The molecule has 1 aromatic carbocycles. The van der Waals surface area contributed by atoms with Crippen LogP contribution in [0.4, 0.5) is 10.1 Å². The summed E-state index contributed by atoms with van der Waals surface area (Å²) in [6.07, 6.45) is 4.85. The summed E-state index contributed by atoms with van der Waals surface area (Å²) in [6.45, 7) is 3.73. The molecule has 0 aliphatic heterocycles. The minimum atomic E-state index is -0.256. The zero-order chi connectivity index (χ0) is 13.0. The van der Waals surface area contributed by atoms with Gasteiger partial charge in [0.15, 0.2) is 0 Å². The molecule has 0 amide bonds. The molecule has 1 N–H and O–H groups in total. The van der Waals surface area contributed by atoms with E-state index in [1.54, 1.807) is 18.3 Å². The van der Waals surface area contributed by atoms with E-state index in [1.165, 1.54) is 6.07 Å². The van der Waals surface area contributed by atoms with E-state index in [-0.39, 0.29) is 5.82 Å². The molecule has 0 bridgehead atoms. The minimum Gasteiger partial charge on any atom is -0.378 e. The molecule has 0 unspecified atom stereocenters. The summed E-state index contributed by atoms with van der Waals surface area (Å²) in [5.41, 5.74) is 0.870. The van der Waals surface area contributed by atoms with Gasteiger partial charge in [-0.1, -0.05) is 6.92 Å². The summed E-state index contributed by atoms with van der Waals surface area (Å²) in [7, 11) is 0. The molecule has 1 heterocycles. The third-order valence-corrected chi connectivity index (χ3v) is 3.24. The molecule has 0 saturated carbocycles. The lowest BCUT2D eigenvalue weighted by Gasteiger charge is -2.09. The third-order valence-electron chi connectivity index (χ3n) is 2.64. The average molecular weight is 312 g/mol. The van der Waals surface area contributed by atoms with Crippen LogP contribution < -0.4 is 5.32 Å².